The van der Waals surface area contributed by atoms with Gasteiger partial charge in [-0.1, -0.05) is 22.0 Å². The van der Waals surface area contributed by atoms with Gasteiger partial charge in [0.25, 0.3) is 5.91 Å². The number of amides is 1. The Bertz CT molecular complexity index is 763. The molecule has 0 heterocycles. The molecule has 0 aliphatic carbocycles. The maximum absolute atomic E-state index is 12.1. The molecule has 2 N–H and O–H groups in total. The van der Waals surface area contributed by atoms with Gasteiger partial charge in [-0.25, -0.2) is 5.43 Å². The number of hydrazone groups is 1. The number of nitrogens with one attached hydrogen (secondary N) is 1. The molecular formula is C16H15BrIN3O2. The number of carbonyl (C=O) groups excluding carboxylic acids is 1. The number of nitrogens with zero attached hydrogens (tertiary/aromatic N) is 2. The third-order valence-electron chi connectivity index (χ3n) is 3.05. The van der Waals surface area contributed by atoms with E-state index in [0.29, 0.717) is 14.7 Å². The van der Waals surface area contributed by atoms with Crippen LogP contribution < -0.4 is 10.3 Å². The van der Waals surface area contributed by atoms with Gasteiger partial charge in [0.05, 0.1) is 9.78 Å². The molecule has 0 fully saturated rings. The van der Waals surface area contributed by atoms with Gasteiger partial charge in [-0.3, -0.25) is 4.79 Å². The lowest BCUT2D eigenvalue weighted by molar-refractivity contribution is 0.0955. The molecule has 1 amide bonds. The largest absolute Gasteiger partial charge is 0.506 e. The Morgan fingerprint density at radius 1 is 1.35 bits per heavy atom. The predicted molar refractivity (Wildman–Crippen MR) is 104 cm³/mol. The van der Waals surface area contributed by atoms with Gasteiger partial charge in [-0.2, -0.15) is 5.10 Å². The lowest BCUT2D eigenvalue weighted by atomic mass is 10.2. The minimum atomic E-state index is -0.311. The van der Waals surface area contributed by atoms with Crippen molar-refractivity contribution in [3.63, 3.8) is 0 Å². The fourth-order valence-corrected chi connectivity index (χ4v) is 3.39. The summed E-state index contributed by atoms with van der Waals surface area (Å²) in [7, 11) is 3.82. The number of phenolic OH excluding ortho intramolecular Hbond substituents is 1. The molecule has 0 atom stereocenters. The lowest BCUT2D eigenvalue weighted by Crippen LogP contribution is -2.18. The van der Waals surface area contributed by atoms with Crippen molar-refractivity contribution in [1.29, 1.82) is 0 Å². The Morgan fingerprint density at radius 2 is 2.09 bits per heavy atom. The quantitative estimate of drug-likeness (QED) is 0.393. The van der Waals surface area contributed by atoms with E-state index in [-0.39, 0.29) is 11.7 Å². The second-order valence-corrected chi connectivity index (χ2v) is 7.05. The molecule has 23 heavy (non-hydrogen) atoms. The molecule has 120 valence electrons. The van der Waals surface area contributed by atoms with E-state index in [4.69, 9.17) is 0 Å². The standard InChI is InChI=1S/C16H15BrIN3O2/c1-21(2)13-5-3-4-10(7-13)16(23)20-19-9-11-6-12(17)8-14(18)15(11)22/h3-9,22H,1-2H3,(H,20,23)/b19-9-. The predicted octanol–water partition coefficient (Wildman–Crippen LogP) is 3.59. The van der Waals surface area contributed by atoms with Crippen LogP contribution in [0.1, 0.15) is 15.9 Å². The van der Waals surface area contributed by atoms with Crippen LogP contribution in [-0.2, 0) is 0 Å². The van der Waals surface area contributed by atoms with Crippen LogP contribution in [0.4, 0.5) is 5.69 Å². The number of hydrogen-bond donors (Lipinski definition) is 2. The summed E-state index contributed by atoms with van der Waals surface area (Å²) in [5.41, 5.74) is 4.43. The summed E-state index contributed by atoms with van der Waals surface area (Å²) in [4.78, 5) is 14.0. The van der Waals surface area contributed by atoms with Crippen LogP contribution in [0.2, 0.25) is 0 Å². The maximum Gasteiger partial charge on any atom is 0.271 e. The number of anilines is 1. The molecule has 2 aromatic rings. The summed E-state index contributed by atoms with van der Waals surface area (Å²) in [5.74, 6) is -0.185. The first-order valence-electron chi connectivity index (χ1n) is 6.67. The van der Waals surface area contributed by atoms with Crippen molar-refractivity contribution in [3.05, 3.63) is 55.6 Å². The fraction of sp³-hybridized carbons (Fsp3) is 0.125. The normalized spacial score (nSPS) is 10.8. The van der Waals surface area contributed by atoms with Crippen LogP contribution in [0, 0.1) is 3.57 Å². The number of benzene rings is 2. The third-order valence-corrected chi connectivity index (χ3v) is 4.33. The molecule has 0 aliphatic heterocycles. The van der Waals surface area contributed by atoms with E-state index in [2.05, 4.69) is 26.5 Å². The smallest absolute Gasteiger partial charge is 0.271 e. The molecule has 7 heteroatoms. The van der Waals surface area contributed by atoms with Gasteiger partial charge in [0.15, 0.2) is 0 Å². The van der Waals surface area contributed by atoms with Gasteiger partial charge in [0.2, 0.25) is 0 Å². The van der Waals surface area contributed by atoms with Crippen LogP contribution in [0.15, 0.2) is 46.0 Å². The van der Waals surface area contributed by atoms with Crippen LogP contribution >= 0.6 is 38.5 Å². The van der Waals surface area contributed by atoms with Crippen molar-refractivity contribution in [2.45, 2.75) is 0 Å². The summed E-state index contributed by atoms with van der Waals surface area (Å²) >= 11 is 5.38. The number of hydrogen-bond acceptors (Lipinski definition) is 4. The molecular weight excluding hydrogens is 473 g/mol. The summed E-state index contributed by atoms with van der Waals surface area (Å²) in [5, 5.41) is 13.9. The molecule has 0 spiro atoms. The van der Waals surface area contributed by atoms with Crippen molar-refractivity contribution < 1.29 is 9.90 Å². The molecule has 2 aromatic carbocycles. The van der Waals surface area contributed by atoms with Crippen molar-refractivity contribution in [3.8, 4) is 5.75 Å². The van der Waals surface area contributed by atoms with Gasteiger partial charge in [-0.15, -0.1) is 0 Å². The molecule has 0 saturated heterocycles. The highest BCUT2D eigenvalue weighted by Crippen LogP contribution is 2.27. The zero-order valence-corrected chi connectivity index (χ0v) is 16.3. The SMILES string of the molecule is CN(C)c1cccc(C(=O)N/N=C\c2cc(Br)cc(I)c2O)c1. The van der Waals surface area contributed by atoms with Gasteiger partial charge in [-0.05, 0) is 52.9 Å². The number of carbonyl (C=O) groups is 1. The molecule has 0 unspecified atom stereocenters. The number of halogens is 2. The van der Waals surface area contributed by atoms with E-state index in [9.17, 15) is 9.90 Å². The molecule has 5 nitrogen and oxygen atoms in total. The topological polar surface area (TPSA) is 64.9 Å². The second-order valence-electron chi connectivity index (χ2n) is 4.97. The van der Waals surface area contributed by atoms with Gasteiger partial charge < -0.3 is 10.0 Å². The number of phenols is 1. The highest BCUT2D eigenvalue weighted by Gasteiger charge is 2.07. The van der Waals surface area contributed by atoms with E-state index in [1.165, 1.54) is 6.21 Å². The minimum absolute atomic E-state index is 0.126. The Kier molecular flexibility index (Phi) is 6.00. The van der Waals surface area contributed by atoms with Gasteiger partial charge in [0.1, 0.15) is 5.75 Å². The Hall–Kier alpha value is -1.61. The maximum atomic E-state index is 12.1. The number of aromatic hydroxyl groups is 1. The summed E-state index contributed by atoms with van der Waals surface area (Å²) < 4.78 is 1.52. The van der Waals surface area contributed by atoms with E-state index >= 15 is 0 Å². The molecule has 0 aliphatic rings. The van der Waals surface area contributed by atoms with Crippen LogP contribution in [0.5, 0.6) is 5.75 Å². The van der Waals surface area contributed by atoms with Crippen LogP contribution in [-0.4, -0.2) is 31.3 Å². The summed E-state index contributed by atoms with van der Waals surface area (Å²) in [6, 6.07) is 10.7. The lowest BCUT2D eigenvalue weighted by Gasteiger charge is -2.12. The van der Waals surface area contributed by atoms with E-state index < -0.39 is 0 Å². The first kappa shape index (κ1) is 17.7. The zero-order valence-electron chi connectivity index (χ0n) is 12.5. The molecule has 0 saturated carbocycles. The van der Waals surface area contributed by atoms with E-state index in [1.807, 2.05) is 53.7 Å². The molecule has 0 bridgehead atoms. The molecule has 0 aromatic heterocycles. The summed E-state index contributed by atoms with van der Waals surface area (Å²) in [6.07, 6.45) is 1.41. The molecule has 2 rings (SSSR count). The van der Waals surface area contributed by atoms with E-state index in [1.54, 1.807) is 24.3 Å². The number of rotatable bonds is 4. The van der Waals surface area contributed by atoms with Crippen LogP contribution in [0.3, 0.4) is 0 Å². The fourth-order valence-electron chi connectivity index (χ4n) is 1.83. The highest BCUT2D eigenvalue weighted by atomic mass is 127. The monoisotopic (exact) mass is 487 g/mol. The average Bonchev–Trinajstić information content (AvgIpc) is 2.51. The van der Waals surface area contributed by atoms with Crippen molar-refractivity contribution in [2.24, 2.45) is 5.10 Å². The van der Waals surface area contributed by atoms with E-state index in [0.717, 1.165) is 10.2 Å². The van der Waals surface area contributed by atoms with Crippen molar-refractivity contribution in [1.82, 2.24) is 5.43 Å². The first-order valence-corrected chi connectivity index (χ1v) is 8.54. The second kappa shape index (κ2) is 7.78. The van der Waals surface area contributed by atoms with Gasteiger partial charge in [0, 0.05) is 35.4 Å². The zero-order chi connectivity index (χ0) is 17.0. The average molecular weight is 488 g/mol. The van der Waals surface area contributed by atoms with Gasteiger partial charge >= 0.3 is 0 Å². The van der Waals surface area contributed by atoms with Crippen molar-refractivity contribution >= 4 is 56.3 Å². The summed E-state index contributed by atoms with van der Waals surface area (Å²) in [6.45, 7) is 0. The Balaban J connectivity index is 2.12. The van der Waals surface area contributed by atoms with Crippen molar-refractivity contribution in [2.75, 3.05) is 19.0 Å². The highest BCUT2D eigenvalue weighted by molar-refractivity contribution is 14.1. The first-order chi connectivity index (χ1) is 10.9. The molecule has 0 radical (unpaired) electrons. The Labute approximate surface area is 156 Å². The Morgan fingerprint density at radius 3 is 2.78 bits per heavy atom. The third kappa shape index (κ3) is 4.68. The minimum Gasteiger partial charge on any atom is -0.506 e. The van der Waals surface area contributed by atoms with Crippen LogP contribution in [0.25, 0.3) is 0 Å².